The molecule has 4 heteroatoms. The van der Waals surface area contributed by atoms with Crippen molar-refractivity contribution >= 4 is 28.9 Å². The molecule has 1 fully saturated rings. The topological polar surface area (TPSA) is 27.0 Å². The van der Waals surface area contributed by atoms with Crippen molar-refractivity contribution in [1.29, 1.82) is 5.26 Å². The maximum atomic E-state index is 8.64. The lowest BCUT2D eigenvalue weighted by Gasteiger charge is -2.21. The molecule has 1 saturated heterocycles. The first-order chi connectivity index (χ1) is 7.72. The molecule has 0 atom stereocenters. The molecule has 0 aromatic heterocycles. The number of rotatable bonds is 2. The average Bonchev–Trinajstić information content (AvgIpc) is 2.70. The Morgan fingerprint density at radius 3 is 2.25 bits per heavy atom. The van der Waals surface area contributed by atoms with E-state index in [9.17, 15) is 0 Å². The van der Waals surface area contributed by atoms with E-state index in [1.165, 1.54) is 12.8 Å². The van der Waals surface area contributed by atoms with Gasteiger partial charge in [0.25, 0.3) is 0 Å². The molecular formula is C12H12Cl2N2. The fourth-order valence-corrected chi connectivity index (χ4v) is 2.83. The number of hydrogen-bond acceptors (Lipinski definition) is 2. The van der Waals surface area contributed by atoms with Crippen LogP contribution in [0.25, 0.3) is 0 Å². The zero-order valence-corrected chi connectivity index (χ0v) is 10.4. The molecule has 1 aromatic rings. The summed E-state index contributed by atoms with van der Waals surface area (Å²) >= 11 is 12.4. The third-order valence-electron chi connectivity index (χ3n) is 2.78. The molecule has 0 bridgehead atoms. The van der Waals surface area contributed by atoms with Gasteiger partial charge in [-0.15, -0.1) is 0 Å². The van der Waals surface area contributed by atoms with Crippen molar-refractivity contribution in [2.75, 3.05) is 18.0 Å². The summed E-state index contributed by atoms with van der Waals surface area (Å²) in [4.78, 5) is 2.21. The third kappa shape index (κ3) is 2.26. The normalized spacial score (nSPS) is 15.2. The summed E-state index contributed by atoms with van der Waals surface area (Å²) in [6.07, 6.45) is 2.72. The molecule has 0 aliphatic carbocycles. The second-order valence-corrected chi connectivity index (χ2v) is 4.75. The van der Waals surface area contributed by atoms with Crippen LogP contribution >= 0.6 is 23.2 Å². The minimum Gasteiger partial charge on any atom is -0.369 e. The van der Waals surface area contributed by atoms with Crippen LogP contribution in [-0.4, -0.2) is 13.1 Å². The Balaban J connectivity index is 2.35. The number of halogens is 2. The Hall–Kier alpha value is -0.910. The molecule has 2 nitrogen and oxygen atoms in total. The van der Waals surface area contributed by atoms with Crippen LogP contribution in [0.1, 0.15) is 18.4 Å². The fourth-order valence-electron chi connectivity index (χ4n) is 2.05. The Kier molecular flexibility index (Phi) is 3.58. The van der Waals surface area contributed by atoms with Crippen molar-refractivity contribution in [1.82, 2.24) is 0 Å². The SMILES string of the molecule is N#CCc1cc(Cl)c(N2CCCC2)c(Cl)c1. The predicted octanol–water partition coefficient (Wildman–Crippen LogP) is 3.66. The van der Waals surface area contributed by atoms with Gasteiger partial charge in [-0.2, -0.15) is 5.26 Å². The number of hydrogen-bond donors (Lipinski definition) is 0. The Bertz CT molecular complexity index is 408. The lowest BCUT2D eigenvalue weighted by molar-refractivity contribution is 0.949. The molecule has 84 valence electrons. The maximum absolute atomic E-state index is 8.64. The summed E-state index contributed by atoms with van der Waals surface area (Å²) in [7, 11) is 0. The monoisotopic (exact) mass is 254 g/mol. The largest absolute Gasteiger partial charge is 0.369 e. The molecule has 0 amide bonds. The number of benzene rings is 1. The van der Waals surface area contributed by atoms with Crippen molar-refractivity contribution in [3.8, 4) is 6.07 Å². The number of nitriles is 1. The first kappa shape index (κ1) is 11.6. The van der Waals surface area contributed by atoms with Crippen molar-refractivity contribution in [2.24, 2.45) is 0 Å². The highest BCUT2D eigenvalue weighted by molar-refractivity contribution is 6.39. The Morgan fingerprint density at radius 2 is 1.75 bits per heavy atom. The van der Waals surface area contributed by atoms with Gasteiger partial charge in [0.15, 0.2) is 0 Å². The molecule has 1 aliphatic rings. The van der Waals surface area contributed by atoms with Gasteiger partial charge in [0.2, 0.25) is 0 Å². The van der Waals surface area contributed by atoms with E-state index in [0.29, 0.717) is 16.5 Å². The van der Waals surface area contributed by atoms with Crippen LogP contribution in [0.4, 0.5) is 5.69 Å². The van der Waals surface area contributed by atoms with E-state index in [1.54, 1.807) is 0 Å². The Labute approximate surface area is 105 Å². The van der Waals surface area contributed by atoms with E-state index in [0.717, 1.165) is 24.3 Å². The summed E-state index contributed by atoms with van der Waals surface area (Å²) in [6, 6.07) is 5.77. The van der Waals surface area contributed by atoms with Gasteiger partial charge in [0, 0.05) is 13.1 Å². The van der Waals surface area contributed by atoms with Crippen LogP contribution in [0.3, 0.4) is 0 Å². The molecule has 0 N–H and O–H groups in total. The van der Waals surface area contributed by atoms with E-state index in [1.807, 2.05) is 12.1 Å². The van der Waals surface area contributed by atoms with E-state index in [2.05, 4.69) is 11.0 Å². The van der Waals surface area contributed by atoms with Crippen molar-refractivity contribution < 1.29 is 0 Å². The van der Waals surface area contributed by atoms with Crippen LogP contribution in [-0.2, 0) is 6.42 Å². The summed E-state index contributed by atoms with van der Waals surface area (Å²) in [5, 5.41) is 9.94. The van der Waals surface area contributed by atoms with Gasteiger partial charge >= 0.3 is 0 Å². The van der Waals surface area contributed by atoms with Crippen molar-refractivity contribution in [3.05, 3.63) is 27.7 Å². The molecule has 1 aliphatic heterocycles. The second kappa shape index (κ2) is 4.95. The molecule has 2 rings (SSSR count). The number of nitrogens with zero attached hydrogens (tertiary/aromatic N) is 2. The molecule has 0 spiro atoms. The molecular weight excluding hydrogens is 243 g/mol. The lowest BCUT2D eigenvalue weighted by atomic mass is 10.1. The minimum absolute atomic E-state index is 0.347. The molecule has 0 unspecified atom stereocenters. The van der Waals surface area contributed by atoms with Crippen molar-refractivity contribution in [3.63, 3.8) is 0 Å². The van der Waals surface area contributed by atoms with E-state index in [4.69, 9.17) is 28.5 Å². The maximum Gasteiger partial charge on any atom is 0.0745 e. The minimum atomic E-state index is 0.347. The van der Waals surface area contributed by atoms with Crippen LogP contribution in [0.5, 0.6) is 0 Å². The molecule has 0 saturated carbocycles. The van der Waals surface area contributed by atoms with Gasteiger partial charge in [0.1, 0.15) is 0 Å². The van der Waals surface area contributed by atoms with Crippen LogP contribution in [0.2, 0.25) is 10.0 Å². The van der Waals surface area contributed by atoms with Gasteiger partial charge < -0.3 is 4.90 Å². The van der Waals surface area contributed by atoms with E-state index < -0.39 is 0 Å². The van der Waals surface area contributed by atoms with Crippen molar-refractivity contribution in [2.45, 2.75) is 19.3 Å². The van der Waals surface area contributed by atoms with Gasteiger partial charge in [0.05, 0.1) is 28.2 Å². The Morgan fingerprint density at radius 1 is 1.19 bits per heavy atom. The van der Waals surface area contributed by atoms with Gasteiger partial charge in [-0.25, -0.2) is 0 Å². The molecule has 1 heterocycles. The fraction of sp³-hybridized carbons (Fsp3) is 0.417. The third-order valence-corrected chi connectivity index (χ3v) is 3.36. The highest BCUT2D eigenvalue weighted by Crippen LogP contribution is 2.36. The standard InChI is InChI=1S/C12H12Cl2N2/c13-10-7-9(3-4-15)8-11(14)12(10)16-5-1-2-6-16/h7-8H,1-3,5-6H2. The summed E-state index contributed by atoms with van der Waals surface area (Å²) < 4.78 is 0. The van der Waals surface area contributed by atoms with E-state index in [-0.39, 0.29) is 0 Å². The predicted molar refractivity (Wildman–Crippen MR) is 67.2 cm³/mol. The number of anilines is 1. The lowest BCUT2D eigenvalue weighted by Crippen LogP contribution is -2.18. The summed E-state index contributed by atoms with van der Waals surface area (Å²) in [5.74, 6) is 0. The van der Waals surface area contributed by atoms with E-state index >= 15 is 0 Å². The summed E-state index contributed by atoms with van der Waals surface area (Å²) in [5.41, 5.74) is 1.79. The van der Waals surface area contributed by atoms with Gasteiger partial charge in [-0.1, -0.05) is 23.2 Å². The zero-order chi connectivity index (χ0) is 11.5. The quantitative estimate of drug-likeness (QED) is 0.806. The molecule has 16 heavy (non-hydrogen) atoms. The highest BCUT2D eigenvalue weighted by Gasteiger charge is 2.18. The zero-order valence-electron chi connectivity index (χ0n) is 8.84. The van der Waals surface area contributed by atoms with Crippen LogP contribution < -0.4 is 4.90 Å². The van der Waals surface area contributed by atoms with Gasteiger partial charge in [-0.05, 0) is 30.5 Å². The average molecular weight is 255 g/mol. The first-order valence-electron chi connectivity index (χ1n) is 5.32. The summed E-state index contributed by atoms with van der Waals surface area (Å²) in [6.45, 7) is 2.02. The highest BCUT2D eigenvalue weighted by atomic mass is 35.5. The smallest absolute Gasteiger partial charge is 0.0745 e. The first-order valence-corrected chi connectivity index (χ1v) is 6.08. The second-order valence-electron chi connectivity index (χ2n) is 3.94. The van der Waals surface area contributed by atoms with Crippen LogP contribution in [0.15, 0.2) is 12.1 Å². The molecule has 1 aromatic carbocycles. The van der Waals surface area contributed by atoms with Crippen LogP contribution in [0, 0.1) is 11.3 Å². The van der Waals surface area contributed by atoms with Gasteiger partial charge in [-0.3, -0.25) is 0 Å². The molecule has 0 radical (unpaired) electrons.